The molecule has 0 spiro atoms. The molecule has 6 heteroatoms. The monoisotopic (exact) mass is 709 g/mol. The predicted octanol–water partition coefficient (Wildman–Crippen LogP) is 12.2. The number of nitrogens with zero attached hydrogens (tertiary/aromatic N) is 5. The van der Waals surface area contributed by atoms with Gasteiger partial charge in [-0.25, -0.2) is 4.98 Å². The van der Waals surface area contributed by atoms with Crippen LogP contribution in [0.4, 0.5) is 0 Å². The molecule has 1 aliphatic carbocycles. The summed E-state index contributed by atoms with van der Waals surface area (Å²) in [7, 11) is 0. The summed E-state index contributed by atoms with van der Waals surface area (Å²) < 4.78 is 4.72. The fraction of sp³-hybridized carbons (Fsp3) is 0.0625. The summed E-state index contributed by atoms with van der Waals surface area (Å²) in [6.07, 6.45) is 0. The third-order valence-electron chi connectivity index (χ3n) is 11.6. The molecular weight excluding hydrogens is 679 g/mol. The molecular formula is C48H31N5S. The Labute approximate surface area is 315 Å². The molecule has 0 unspecified atom stereocenters. The van der Waals surface area contributed by atoms with Crippen molar-refractivity contribution in [3.63, 3.8) is 0 Å². The number of para-hydroxylation sites is 3. The van der Waals surface area contributed by atoms with Crippen molar-refractivity contribution >= 4 is 55.4 Å². The minimum atomic E-state index is -0.156. The molecule has 1 aliphatic heterocycles. The first kappa shape index (κ1) is 30.0. The van der Waals surface area contributed by atoms with Gasteiger partial charge in [0, 0.05) is 42.5 Å². The van der Waals surface area contributed by atoms with E-state index in [2.05, 4.69) is 175 Å². The molecule has 12 rings (SSSR count). The number of benzene rings is 7. The Morgan fingerprint density at radius 3 is 2.06 bits per heavy atom. The third-order valence-corrected chi connectivity index (χ3v) is 12.7. The molecule has 2 aliphatic rings. The highest BCUT2D eigenvalue weighted by molar-refractivity contribution is 7.99. The molecule has 54 heavy (non-hydrogen) atoms. The Morgan fingerprint density at radius 1 is 0.500 bits per heavy atom. The molecule has 254 valence electrons. The van der Waals surface area contributed by atoms with Gasteiger partial charge in [0.25, 0.3) is 0 Å². The summed E-state index contributed by atoms with van der Waals surface area (Å²) in [4.78, 5) is 18.8. The van der Waals surface area contributed by atoms with E-state index in [4.69, 9.17) is 15.0 Å². The van der Waals surface area contributed by atoms with Crippen LogP contribution in [0.2, 0.25) is 0 Å². The molecule has 0 atom stereocenters. The van der Waals surface area contributed by atoms with E-state index in [-0.39, 0.29) is 5.41 Å². The highest BCUT2D eigenvalue weighted by Crippen LogP contribution is 2.52. The molecule has 0 N–H and O–H groups in total. The highest BCUT2D eigenvalue weighted by atomic mass is 32.2. The fourth-order valence-electron chi connectivity index (χ4n) is 9.20. The molecule has 0 bridgehead atoms. The van der Waals surface area contributed by atoms with Gasteiger partial charge in [0.1, 0.15) is 5.65 Å². The zero-order valence-corrected chi connectivity index (χ0v) is 30.4. The average molecular weight is 710 g/mol. The Balaban J connectivity index is 1.24. The number of rotatable bonds is 3. The van der Waals surface area contributed by atoms with E-state index in [1.807, 2.05) is 11.8 Å². The van der Waals surface area contributed by atoms with E-state index < -0.39 is 0 Å². The van der Waals surface area contributed by atoms with Gasteiger partial charge in [-0.1, -0.05) is 153 Å². The van der Waals surface area contributed by atoms with Crippen molar-refractivity contribution in [3.8, 4) is 45.5 Å². The van der Waals surface area contributed by atoms with E-state index in [0.717, 1.165) is 38.8 Å². The maximum absolute atomic E-state index is 5.51. The average Bonchev–Trinajstić information content (AvgIpc) is 3.82. The zero-order valence-electron chi connectivity index (χ0n) is 29.6. The first-order valence-electron chi connectivity index (χ1n) is 18.4. The van der Waals surface area contributed by atoms with Crippen molar-refractivity contribution in [1.82, 2.24) is 24.1 Å². The van der Waals surface area contributed by atoms with Crippen molar-refractivity contribution in [2.75, 3.05) is 0 Å². The van der Waals surface area contributed by atoms with Gasteiger partial charge < -0.3 is 0 Å². The van der Waals surface area contributed by atoms with Crippen LogP contribution in [0.25, 0.3) is 89.2 Å². The van der Waals surface area contributed by atoms with Crippen LogP contribution in [0.3, 0.4) is 0 Å². The van der Waals surface area contributed by atoms with Gasteiger partial charge in [-0.2, -0.15) is 9.97 Å². The van der Waals surface area contributed by atoms with Crippen molar-refractivity contribution < 1.29 is 0 Å². The van der Waals surface area contributed by atoms with E-state index in [1.165, 1.54) is 53.7 Å². The molecule has 0 saturated heterocycles. The van der Waals surface area contributed by atoms with Crippen LogP contribution in [0.15, 0.2) is 161 Å². The van der Waals surface area contributed by atoms with E-state index in [1.54, 1.807) is 0 Å². The van der Waals surface area contributed by atoms with Crippen molar-refractivity contribution in [2.45, 2.75) is 29.1 Å². The first-order chi connectivity index (χ1) is 26.6. The molecule has 7 aromatic carbocycles. The second-order valence-corrected chi connectivity index (χ2v) is 15.9. The molecule has 3 aromatic heterocycles. The quantitative estimate of drug-likeness (QED) is 0.183. The lowest BCUT2D eigenvalue weighted by atomic mass is 9.82. The lowest BCUT2D eigenvalue weighted by Gasteiger charge is -2.21. The first-order valence-corrected chi connectivity index (χ1v) is 19.2. The van der Waals surface area contributed by atoms with Crippen LogP contribution in [0, 0.1) is 0 Å². The maximum Gasteiger partial charge on any atom is 0.239 e. The van der Waals surface area contributed by atoms with Crippen molar-refractivity contribution in [1.29, 1.82) is 0 Å². The number of hydrogen-bond donors (Lipinski definition) is 0. The van der Waals surface area contributed by atoms with Crippen LogP contribution in [0.5, 0.6) is 0 Å². The standard InChI is InChI=1S/C48H31N5S/c1-48(2)35-22-7-5-17-31(35)41-34(21-12-23-36(41)48)45-49-44(30-19-11-15-28-14-3-4-16-29(28)30)50-47(51-45)53-37-24-8-6-18-32(37)42-33-20-13-27-40-43(33)52(46(42)53)38-25-9-10-26-39(38)54-40/h3-27H,1-2H3. The van der Waals surface area contributed by atoms with Crippen LogP contribution < -0.4 is 0 Å². The van der Waals surface area contributed by atoms with Crippen LogP contribution in [-0.4, -0.2) is 24.1 Å². The molecule has 0 saturated carbocycles. The minimum Gasteiger partial charge on any atom is -0.293 e. The van der Waals surface area contributed by atoms with Gasteiger partial charge in [0.05, 0.1) is 16.7 Å². The summed E-state index contributed by atoms with van der Waals surface area (Å²) in [6, 6.07) is 54.3. The Kier molecular flexibility index (Phi) is 5.99. The topological polar surface area (TPSA) is 48.5 Å². The molecule has 0 radical (unpaired) electrons. The van der Waals surface area contributed by atoms with Gasteiger partial charge in [-0.05, 0) is 57.3 Å². The predicted molar refractivity (Wildman–Crippen MR) is 221 cm³/mol. The molecule has 10 aromatic rings. The number of fused-ring (bicyclic) bond motifs is 11. The molecule has 0 amide bonds. The minimum absolute atomic E-state index is 0.156. The second-order valence-electron chi connectivity index (χ2n) is 14.8. The van der Waals surface area contributed by atoms with Gasteiger partial charge in [-0.3, -0.25) is 9.13 Å². The molecule has 0 fully saturated rings. The maximum atomic E-state index is 5.51. The van der Waals surface area contributed by atoms with Gasteiger partial charge in [0.15, 0.2) is 11.6 Å². The Hall–Kier alpha value is -6.50. The highest BCUT2D eigenvalue weighted by Gasteiger charge is 2.37. The Bertz CT molecular complexity index is 3230. The molecule has 4 heterocycles. The summed E-state index contributed by atoms with van der Waals surface area (Å²) in [6.45, 7) is 4.63. The number of hydrogen-bond acceptors (Lipinski definition) is 4. The zero-order chi connectivity index (χ0) is 35.7. The smallest absolute Gasteiger partial charge is 0.239 e. The van der Waals surface area contributed by atoms with E-state index in [0.29, 0.717) is 17.6 Å². The Morgan fingerprint density at radius 2 is 1.13 bits per heavy atom. The van der Waals surface area contributed by atoms with Crippen LogP contribution in [0.1, 0.15) is 25.0 Å². The van der Waals surface area contributed by atoms with Crippen LogP contribution >= 0.6 is 11.8 Å². The lowest BCUT2D eigenvalue weighted by molar-refractivity contribution is 0.660. The van der Waals surface area contributed by atoms with Crippen molar-refractivity contribution in [3.05, 3.63) is 163 Å². The summed E-state index contributed by atoms with van der Waals surface area (Å²) in [5.41, 5.74) is 11.4. The SMILES string of the molecule is CC1(C)c2ccccc2-c2c(-c3nc(-c4cccc5ccccc45)nc(-n4c5ccccc5c5c6cccc7c6n(c54)-c4ccccc4S7)n3)cccc21. The summed E-state index contributed by atoms with van der Waals surface area (Å²) in [5.74, 6) is 1.89. The second kappa shape index (κ2) is 10.8. The lowest BCUT2D eigenvalue weighted by Crippen LogP contribution is -2.14. The van der Waals surface area contributed by atoms with Crippen LogP contribution in [-0.2, 0) is 5.41 Å². The molecule has 5 nitrogen and oxygen atoms in total. The van der Waals surface area contributed by atoms with Gasteiger partial charge in [-0.15, -0.1) is 0 Å². The fourth-order valence-corrected chi connectivity index (χ4v) is 10.3. The van der Waals surface area contributed by atoms with E-state index >= 15 is 0 Å². The van der Waals surface area contributed by atoms with E-state index in [9.17, 15) is 0 Å². The van der Waals surface area contributed by atoms with Crippen molar-refractivity contribution in [2.24, 2.45) is 0 Å². The third kappa shape index (κ3) is 3.93. The largest absolute Gasteiger partial charge is 0.293 e. The van der Waals surface area contributed by atoms with Gasteiger partial charge >= 0.3 is 0 Å². The van der Waals surface area contributed by atoms with Gasteiger partial charge in [0.2, 0.25) is 5.95 Å². The summed E-state index contributed by atoms with van der Waals surface area (Å²) in [5, 5.41) is 5.84. The normalized spacial score (nSPS) is 13.8. The summed E-state index contributed by atoms with van der Waals surface area (Å²) >= 11 is 1.84. The number of aromatic nitrogens is 5.